The van der Waals surface area contributed by atoms with E-state index in [0.717, 1.165) is 11.3 Å². The van der Waals surface area contributed by atoms with Crippen molar-refractivity contribution >= 4 is 49.0 Å². The van der Waals surface area contributed by atoms with E-state index in [-0.39, 0.29) is 35.3 Å². The van der Waals surface area contributed by atoms with Crippen LogP contribution in [0.2, 0.25) is 10.3 Å². The summed E-state index contributed by atoms with van der Waals surface area (Å²) in [4.78, 5) is 19.0. The molecule has 0 aliphatic carbocycles. The second kappa shape index (κ2) is 14.6. The van der Waals surface area contributed by atoms with Crippen LogP contribution in [0.4, 0.5) is 11.4 Å². The van der Waals surface area contributed by atoms with Gasteiger partial charge in [0.05, 0.1) is 18.9 Å². The molecule has 0 atom stereocenters. The first kappa shape index (κ1) is 27.8. The smallest absolute Gasteiger partial charge is 1.00 e. The van der Waals surface area contributed by atoms with E-state index in [4.69, 9.17) is 33.0 Å². The van der Waals surface area contributed by atoms with Crippen molar-refractivity contribution in [2.24, 2.45) is 0 Å². The first-order valence-corrected chi connectivity index (χ1v) is 8.15. The van der Waals surface area contributed by atoms with Crippen LogP contribution in [0.15, 0.2) is 24.5 Å². The van der Waals surface area contributed by atoms with Crippen molar-refractivity contribution in [2.45, 2.75) is 13.5 Å². The van der Waals surface area contributed by atoms with Crippen LogP contribution in [0.5, 0.6) is 0 Å². The average molecular weight is 406 g/mol. The normalized spacial score (nSPS) is 8.96. The van der Waals surface area contributed by atoms with Gasteiger partial charge in [0.15, 0.2) is 0 Å². The van der Waals surface area contributed by atoms with Crippen LogP contribution in [0.1, 0.15) is 24.3 Å². The fourth-order valence-electron chi connectivity index (χ4n) is 1.83. The van der Waals surface area contributed by atoms with Crippen molar-refractivity contribution < 1.29 is 34.9 Å². The summed E-state index contributed by atoms with van der Waals surface area (Å²) in [6.07, 6.45) is 2.94. The minimum atomic E-state index is -0.402. The molecule has 0 spiro atoms. The molecule has 27 heavy (non-hydrogen) atoms. The zero-order chi connectivity index (χ0) is 18.8. The molecule has 0 aromatic carbocycles. The van der Waals surface area contributed by atoms with Crippen molar-refractivity contribution in [3.63, 3.8) is 0 Å². The number of pyridine rings is 2. The first-order valence-electron chi connectivity index (χ1n) is 7.40. The van der Waals surface area contributed by atoms with Crippen LogP contribution in [0.25, 0.3) is 0 Å². The Morgan fingerprint density at radius 3 is 2.15 bits per heavy atom. The van der Waals surface area contributed by atoms with Crippen LogP contribution < -0.4 is 29.5 Å². The van der Waals surface area contributed by atoms with E-state index in [9.17, 15) is 4.79 Å². The predicted molar refractivity (Wildman–Crippen MR) is 106 cm³/mol. The maximum absolute atomic E-state index is 11.4. The standard InChI is InChI=1S/C9H11ClN2O2.C7H9ClN2O.B.Li.H/c1-3-14-9(13)6-5-12-8(10)4-7(6)11-2;1-9-6-2-7(8)10-3-5(6)4-11;;;/h4-5H,3H2,1-2H3,(H,11,12);2-3,11H,4H2,1H3,(H,9,10);;;/q;;;+1;-1. The van der Waals surface area contributed by atoms with Crippen LogP contribution >= 0.6 is 23.2 Å². The van der Waals surface area contributed by atoms with Gasteiger partial charge in [0.1, 0.15) is 15.9 Å². The zero-order valence-electron chi connectivity index (χ0n) is 16.7. The van der Waals surface area contributed by atoms with E-state index in [1.54, 1.807) is 39.3 Å². The van der Waals surface area contributed by atoms with Crippen molar-refractivity contribution in [1.29, 1.82) is 0 Å². The maximum atomic E-state index is 11.4. The topological polar surface area (TPSA) is 96.4 Å². The summed E-state index contributed by atoms with van der Waals surface area (Å²) in [6, 6.07) is 3.25. The molecule has 0 amide bonds. The third-order valence-electron chi connectivity index (χ3n) is 3.03. The van der Waals surface area contributed by atoms with E-state index in [1.807, 2.05) is 0 Å². The zero-order valence-corrected chi connectivity index (χ0v) is 17.2. The van der Waals surface area contributed by atoms with Gasteiger partial charge in [-0.1, -0.05) is 23.2 Å². The minimum Gasteiger partial charge on any atom is -1.00 e. The third kappa shape index (κ3) is 8.87. The fourth-order valence-corrected chi connectivity index (χ4v) is 2.14. The molecule has 3 radical (unpaired) electrons. The Kier molecular flexibility index (Phi) is 15.0. The van der Waals surface area contributed by atoms with Gasteiger partial charge in [-0.2, -0.15) is 0 Å². The Morgan fingerprint density at radius 2 is 1.67 bits per heavy atom. The van der Waals surface area contributed by atoms with Gasteiger partial charge in [-0.15, -0.1) is 0 Å². The average Bonchev–Trinajstić information content (AvgIpc) is 2.62. The Hall–Kier alpha value is -1.43. The van der Waals surface area contributed by atoms with Crippen molar-refractivity contribution in [1.82, 2.24) is 9.97 Å². The number of ether oxygens (including phenoxy) is 1. The molecule has 11 heteroatoms. The number of nitrogens with zero attached hydrogens (tertiary/aromatic N) is 2. The number of aliphatic hydroxyl groups is 1. The largest absolute Gasteiger partial charge is 1.00 e. The first-order chi connectivity index (χ1) is 12.0. The number of hydrogen-bond acceptors (Lipinski definition) is 7. The Balaban J connectivity index is -0.000000412. The number of nitrogens with one attached hydrogen (secondary N) is 2. The second-order valence-electron chi connectivity index (χ2n) is 4.60. The molecular weight excluding hydrogens is 385 g/mol. The van der Waals surface area contributed by atoms with E-state index < -0.39 is 5.97 Å². The van der Waals surface area contributed by atoms with Gasteiger partial charge in [0.2, 0.25) is 0 Å². The molecule has 0 bridgehead atoms. The van der Waals surface area contributed by atoms with E-state index in [1.165, 1.54) is 6.20 Å². The molecule has 0 saturated carbocycles. The number of aliphatic hydroxyl groups excluding tert-OH is 1. The summed E-state index contributed by atoms with van der Waals surface area (Å²) in [7, 11) is 3.47. The Bertz CT molecular complexity index is 732. The Labute approximate surface area is 184 Å². The van der Waals surface area contributed by atoms with Gasteiger partial charge in [0.25, 0.3) is 0 Å². The molecule has 3 N–H and O–H groups in total. The van der Waals surface area contributed by atoms with E-state index in [0.29, 0.717) is 28.2 Å². The van der Waals surface area contributed by atoms with Crippen molar-refractivity contribution in [3.05, 3.63) is 46.0 Å². The fraction of sp³-hybridized carbons (Fsp3) is 0.312. The molecule has 7 nitrogen and oxygen atoms in total. The number of hydrogen-bond donors (Lipinski definition) is 3. The summed E-state index contributed by atoms with van der Waals surface area (Å²) in [5.74, 6) is -0.402. The monoisotopic (exact) mass is 405 g/mol. The molecule has 0 fully saturated rings. The molecule has 0 unspecified atom stereocenters. The summed E-state index contributed by atoms with van der Waals surface area (Å²) >= 11 is 11.3. The SMILES string of the molecule is CCOC(=O)c1cnc(Cl)cc1NC.CNc1cc(Cl)ncc1CO.[B].[H-].[Li+]. The molecule has 0 saturated heterocycles. The summed E-state index contributed by atoms with van der Waals surface area (Å²) in [5.41, 5.74) is 2.56. The summed E-state index contributed by atoms with van der Waals surface area (Å²) in [6.45, 7) is 2.06. The van der Waals surface area contributed by atoms with Gasteiger partial charge < -0.3 is 21.9 Å². The molecule has 2 aromatic rings. The number of rotatable bonds is 5. The number of aromatic nitrogens is 2. The molecule has 0 aliphatic rings. The van der Waals surface area contributed by atoms with Crippen LogP contribution in [-0.2, 0) is 11.3 Å². The minimum absolute atomic E-state index is 0. The predicted octanol–water partition coefficient (Wildman–Crippen LogP) is -0.0419. The number of carbonyl (C=O) groups excluding carboxylic acids is 1. The Morgan fingerprint density at radius 1 is 1.15 bits per heavy atom. The number of carbonyl (C=O) groups is 1. The van der Waals surface area contributed by atoms with Crippen LogP contribution in [0.3, 0.4) is 0 Å². The second-order valence-corrected chi connectivity index (χ2v) is 5.37. The molecule has 2 rings (SSSR count). The van der Waals surface area contributed by atoms with Crippen molar-refractivity contribution in [3.8, 4) is 0 Å². The molecular formula is C16H21BCl2LiN4O3. The van der Waals surface area contributed by atoms with Crippen LogP contribution in [0, 0.1) is 0 Å². The summed E-state index contributed by atoms with van der Waals surface area (Å²) in [5, 5.41) is 15.3. The molecule has 141 valence electrons. The number of esters is 1. The van der Waals surface area contributed by atoms with Gasteiger partial charge in [-0.3, -0.25) is 0 Å². The molecule has 2 aromatic heterocycles. The quantitative estimate of drug-likeness (QED) is 0.365. The maximum Gasteiger partial charge on any atom is 1.00 e. The number of anilines is 2. The van der Waals surface area contributed by atoms with Gasteiger partial charge >= 0.3 is 24.8 Å². The van der Waals surface area contributed by atoms with Crippen molar-refractivity contribution in [2.75, 3.05) is 31.3 Å². The van der Waals surface area contributed by atoms with E-state index in [2.05, 4.69) is 20.6 Å². The molecule has 0 aliphatic heterocycles. The summed E-state index contributed by atoms with van der Waals surface area (Å²) < 4.78 is 4.85. The van der Waals surface area contributed by atoms with E-state index >= 15 is 0 Å². The van der Waals surface area contributed by atoms with Crippen LogP contribution in [-0.4, -0.2) is 50.2 Å². The number of halogens is 2. The molecule has 2 heterocycles. The van der Waals surface area contributed by atoms with Gasteiger partial charge in [-0.05, 0) is 19.1 Å². The third-order valence-corrected chi connectivity index (χ3v) is 3.44. The van der Waals surface area contributed by atoms with Gasteiger partial charge in [0, 0.05) is 46.2 Å². The van der Waals surface area contributed by atoms with Gasteiger partial charge in [-0.25, -0.2) is 14.8 Å².